The molecule has 5 heteroatoms. The predicted octanol–water partition coefficient (Wildman–Crippen LogP) is 2.73. The lowest BCUT2D eigenvalue weighted by Gasteiger charge is -2.35. The summed E-state index contributed by atoms with van der Waals surface area (Å²) >= 11 is 0. The van der Waals surface area contributed by atoms with Crippen molar-refractivity contribution >= 4 is 15.8 Å². The molecule has 21 heavy (non-hydrogen) atoms. The molecule has 1 aliphatic heterocycles. The number of likely N-dealkylation sites (N-methyl/N-ethyl adjacent to an activating group) is 1. The molecule has 110 valence electrons. The van der Waals surface area contributed by atoms with Gasteiger partial charge in [-0.2, -0.15) is 8.42 Å². The van der Waals surface area contributed by atoms with Gasteiger partial charge in [-0.1, -0.05) is 48.0 Å². The fourth-order valence-electron chi connectivity index (χ4n) is 3.16. The molecule has 1 unspecified atom stereocenters. The van der Waals surface area contributed by atoms with Crippen LogP contribution in [0.2, 0.25) is 0 Å². The molecule has 0 spiro atoms. The van der Waals surface area contributed by atoms with Crippen molar-refractivity contribution in [2.75, 3.05) is 11.9 Å². The number of fused-ring (bicyclic) bond motifs is 1. The summed E-state index contributed by atoms with van der Waals surface area (Å²) in [5.74, 6) is 0. The van der Waals surface area contributed by atoms with E-state index in [4.69, 9.17) is 0 Å². The van der Waals surface area contributed by atoms with Gasteiger partial charge >= 0.3 is 0 Å². The maximum absolute atomic E-state index is 12.2. The van der Waals surface area contributed by atoms with Gasteiger partial charge in [-0.3, -0.25) is 4.55 Å². The van der Waals surface area contributed by atoms with Crippen molar-refractivity contribution in [3.63, 3.8) is 0 Å². The standard InChI is InChI=1S/C16H17NO3S/c1-12-8-9-15-13(10-12)11-16(17(15)2,21(18,19)20)14-6-4-3-5-7-14/h3-10H,11H2,1-2H3,(H,18,19,20). The van der Waals surface area contributed by atoms with E-state index in [9.17, 15) is 13.0 Å². The van der Waals surface area contributed by atoms with Crippen molar-refractivity contribution in [2.45, 2.75) is 18.2 Å². The van der Waals surface area contributed by atoms with E-state index in [0.29, 0.717) is 5.56 Å². The van der Waals surface area contributed by atoms with Crippen molar-refractivity contribution in [1.82, 2.24) is 0 Å². The molecular formula is C16H17NO3S. The van der Waals surface area contributed by atoms with Crippen molar-refractivity contribution in [3.05, 3.63) is 65.2 Å². The van der Waals surface area contributed by atoms with Crippen molar-refractivity contribution in [2.24, 2.45) is 0 Å². The lowest BCUT2D eigenvalue weighted by molar-refractivity contribution is 0.427. The molecule has 4 nitrogen and oxygen atoms in total. The summed E-state index contributed by atoms with van der Waals surface area (Å²) in [6.45, 7) is 1.97. The van der Waals surface area contributed by atoms with Crippen LogP contribution in [0.5, 0.6) is 0 Å². The maximum atomic E-state index is 12.2. The van der Waals surface area contributed by atoms with Crippen molar-refractivity contribution in [3.8, 4) is 0 Å². The minimum atomic E-state index is -4.32. The van der Waals surface area contributed by atoms with Crippen LogP contribution in [-0.2, 0) is 21.4 Å². The molecule has 2 aromatic rings. The molecule has 1 heterocycles. The minimum Gasteiger partial charge on any atom is -0.350 e. The SMILES string of the molecule is Cc1ccc2c(c1)CC(c1ccccc1)(S(=O)(=O)O)N2C. The summed E-state index contributed by atoms with van der Waals surface area (Å²) in [6.07, 6.45) is 0.239. The van der Waals surface area contributed by atoms with Gasteiger partial charge in [0.05, 0.1) is 0 Å². The van der Waals surface area contributed by atoms with Gasteiger partial charge in [0.15, 0.2) is 4.87 Å². The predicted molar refractivity (Wildman–Crippen MR) is 83.0 cm³/mol. The van der Waals surface area contributed by atoms with Crippen molar-refractivity contribution < 1.29 is 13.0 Å². The number of nitrogens with zero attached hydrogens (tertiary/aromatic N) is 1. The summed E-state index contributed by atoms with van der Waals surface area (Å²) in [7, 11) is -2.61. The molecule has 0 saturated carbocycles. The van der Waals surface area contributed by atoms with Crippen LogP contribution >= 0.6 is 0 Å². The molecule has 0 saturated heterocycles. The number of benzene rings is 2. The van der Waals surface area contributed by atoms with Crippen LogP contribution in [0, 0.1) is 6.92 Å². The van der Waals surface area contributed by atoms with E-state index in [-0.39, 0.29) is 6.42 Å². The lowest BCUT2D eigenvalue weighted by Crippen LogP contribution is -2.48. The third kappa shape index (κ3) is 1.96. The number of hydrogen-bond acceptors (Lipinski definition) is 3. The molecule has 1 atom stereocenters. The smallest absolute Gasteiger partial charge is 0.294 e. The molecule has 0 aliphatic carbocycles. The third-order valence-corrected chi connectivity index (χ3v) is 5.73. The average Bonchev–Trinajstić information content (AvgIpc) is 2.73. The highest BCUT2D eigenvalue weighted by Crippen LogP contribution is 2.47. The van der Waals surface area contributed by atoms with E-state index in [1.54, 1.807) is 36.2 Å². The zero-order chi connectivity index (χ0) is 15.3. The topological polar surface area (TPSA) is 57.6 Å². The second kappa shape index (κ2) is 4.58. The Labute approximate surface area is 124 Å². The van der Waals surface area contributed by atoms with Crippen molar-refractivity contribution in [1.29, 1.82) is 0 Å². The molecule has 0 radical (unpaired) electrons. The Kier molecular flexibility index (Phi) is 3.07. The van der Waals surface area contributed by atoms with Gasteiger partial charge in [-0.05, 0) is 24.1 Å². The van der Waals surface area contributed by atoms with Gasteiger partial charge in [0.1, 0.15) is 0 Å². The number of anilines is 1. The molecular weight excluding hydrogens is 286 g/mol. The van der Waals surface area contributed by atoms with E-state index >= 15 is 0 Å². The Morgan fingerprint density at radius 3 is 2.43 bits per heavy atom. The largest absolute Gasteiger partial charge is 0.350 e. The molecule has 1 aliphatic rings. The van der Waals surface area contributed by atoms with Crippen LogP contribution in [0.15, 0.2) is 48.5 Å². The second-order valence-corrected chi connectivity index (χ2v) is 7.12. The Balaban J connectivity index is 2.27. The summed E-state index contributed by atoms with van der Waals surface area (Å²) in [4.78, 5) is 0.205. The van der Waals surface area contributed by atoms with Gasteiger partial charge in [-0.25, -0.2) is 0 Å². The zero-order valence-electron chi connectivity index (χ0n) is 11.9. The highest BCUT2D eigenvalue weighted by Gasteiger charge is 2.53. The molecule has 2 aromatic carbocycles. The van der Waals surface area contributed by atoms with E-state index in [2.05, 4.69) is 0 Å². The van der Waals surface area contributed by atoms with Crippen LogP contribution in [0.3, 0.4) is 0 Å². The van der Waals surface area contributed by atoms with Gasteiger partial charge < -0.3 is 4.90 Å². The first kappa shape index (κ1) is 14.1. The first-order chi connectivity index (χ1) is 9.86. The number of aryl methyl sites for hydroxylation is 1. The van der Waals surface area contributed by atoms with Crippen LogP contribution in [0.1, 0.15) is 16.7 Å². The van der Waals surface area contributed by atoms with E-state index < -0.39 is 15.0 Å². The fourth-order valence-corrected chi connectivity index (χ4v) is 4.38. The Hall–Kier alpha value is -1.85. The van der Waals surface area contributed by atoms with Crippen LogP contribution in [0.4, 0.5) is 5.69 Å². The van der Waals surface area contributed by atoms with Gasteiger partial charge in [0, 0.05) is 19.2 Å². The monoisotopic (exact) mass is 303 g/mol. The first-order valence-corrected chi connectivity index (χ1v) is 8.16. The maximum Gasteiger partial charge on any atom is 0.294 e. The van der Waals surface area contributed by atoms with Gasteiger partial charge in [-0.15, -0.1) is 0 Å². The summed E-state index contributed by atoms with van der Waals surface area (Å²) in [6, 6.07) is 14.7. The van der Waals surface area contributed by atoms with Crippen LogP contribution in [-0.4, -0.2) is 20.0 Å². The Morgan fingerprint density at radius 2 is 1.81 bits per heavy atom. The Bertz CT molecular complexity index is 786. The zero-order valence-corrected chi connectivity index (χ0v) is 12.8. The summed E-state index contributed by atoms with van der Waals surface area (Å²) in [5.41, 5.74) is 3.41. The van der Waals surface area contributed by atoms with E-state index in [1.807, 2.05) is 31.2 Å². The fraction of sp³-hybridized carbons (Fsp3) is 0.250. The van der Waals surface area contributed by atoms with Crippen LogP contribution in [0.25, 0.3) is 0 Å². The summed E-state index contributed by atoms with van der Waals surface area (Å²) < 4.78 is 34.4. The van der Waals surface area contributed by atoms with Gasteiger partial charge in [0.25, 0.3) is 10.1 Å². The first-order valence-electron chi connectivity index (χ1n) is 6.72. The third-order valence-electron chi connectivity index (χ3n) is 4.22. The molecule has 1 N–H and O–H groups in total. The molecule has 0 amide bonds. The van der Waals surface area contributed by atoms with E-state index in [1.165, 1.54) is 0 Å². The van der Waals surface area contributed by atoms with Crippen LogP contribution < -0.4 is 4.90 Å². The number of rotatable bonds is 2. The minimum absolute atomic E-state index is 0.239. The molecule has 0 aromatic heterocycles. The number of hydrogen-bond donors (Lipinski definition) is 1. The second-order valence-electron chi connectivity index (χ2n) is 5.49. The highest BCUT2D eigenvalue weighted by molar-refractivity contribution is 7.87. The quantitative estimate of drug-likeness (QED) is 0.867. The van der Waals surface area contributed by atoms with Gasteiger partial charge in [0.2, 0.25) is 0 Å². The molecule has 3 rings (SSSR count). The summed E-state index contributed by atoms with van der Waals surface area (Å²) in [5, 5.41) is 0. The van der Waals surface area contributed by atoms with E-state index in [0.717, 1.165) is 16.8 Å². The normalized spacial score (nSPS) is 21.4. The molecule has 0 fully saturated rings. The Morgan fingerprint density at radius 1 is 1.14 bits per heavy atom. The molecule has 0 bridgehead atoms. The average molecular weight is 303 g/mol. The highest BCUT2D eigenvalue weighted by atomic mass is 32.2. The lowest BCUT2D eigenvalue weighted by atomic mass is 10.0.